The van der Waals surface area contributed by atoms with E-state index in [9.17, 15) is 39.2 Å². The minimum absolute atomic E-state index is 2.70. The summed E-state index contributed by atoms with van der Waals surface area (Å²) in [5.41, 5.74) is -2.94. The smallest absolute Gasteiger partial charge is 0.282 e. The Labute approximate surface area is 94.6 Å². The number of hydrogen-bond acceptors (Lipinski definition) is 2. The van der Waals surface area contributed by atoms with Crippen LogP contribution in [0.3, 0.4) is 0 Å². The third-order valence-corrected chi connectivity index (χ3v) is 2.66. The Bertz CT molecular complexity index is 605. The van der Waals surface area contributed by atoms with Crippen molar-refractivity contribution in [2.24, 2.45) is 0 Å². The zero-order chi connectivity index (χ0) is 14.5. The molecule has 0 saturated heterocycles. The maximum Gasteiger partial charge on any atom is 0.420 e. The van der Waals surface area contributed by atoms with Crippen LogP contribution < -0.4 is 0 Å². The molecule has 0 fully saturated rings. The van der Waals surface area contributed by atoms with Crippen molar-refractivity contribution in [3.05, 3.63) is 28.8 Å². The van der Waals surface area contributed by atoms with Crippen LogP contribution in [0, 0.1) is 23.3 Å². The molecule has 3 nitrogen and oxygen atoms in total. The van der Waals surface area contributed by atoms with Crippen molar-refractivity contribution in [1.82, 2.24) is 0 Å². The Kier molecular flexibility index (Phi) is 3.34. The Balaban J connectivity index is 4.02. The lowest BCUT2D eigenvalue weighted by molar-refractivity contribution is -0.143. The maximum absolute atomic E-state index is 12.9. The predicted molar refractivity (Wildman–Crippen MR) is 41.1 cm³/mol. The summed E-state index contributed by atoms with van der Waals surface area (Å²) in [5, 5.41) is 0. The lowest BCUT2D eigenvalue weighted by Gasteiger charge is -2.13. The standard InChI is InChI=1S/C7HF7O3S/c8-2-1(7(12,13)14)6(18(15,16)17)5(11)4(10)3(2)9/h(H,15,16,17). The van der Waals surface area contributed by atoms with Gasteiger partial charge in [-0.3, -0.25) is 4.55 Å². The van der Waals surface area contributed by atoms with E-state index in [1.807, 2.05) is 0 Å². The first kappa shape index (κ1) is 14.7. The zero-order valence-corrected chi connectivity index (χ0v) is 8.63. The largest absolute Gasteiger partial charge is 0.420 e. The molecule has 0 aromatic heterocycles. The fourth-order valence-electron chi connectivity index (χ4n) is 1.11. The Hall–Kier alpha value is -1.36. The molecule has 0 amide bonds. The average Bonchev–Trinajstić information content (AvgIpc) is 2.16. The number of hydrogen-bond donors (Lipinski definition) is 1. The Morgan fingerprint density at radius 3 is 1.56 bits per heavy atom. The average molecular weight is 298 g/mol. The highest BCUT2D eigenvalue weighted by Crippen LogP contribution is 2.39. The second-order valence-electron chi connectivity index (χ2n) is 2.93. The molecule has 1 aromatic carbocycles. The highest BCUT2D eigenvalue weighted by molar-refractivity contribution is 7.85. The van der Waals surface area contributed by atoms with E-state index in [0.29, 0.717) is 0 Å². The molecule has 1 N–H and O–H groups in total. The van der Waals surface area contributed by atoms with Gasteiger partial charge in [-0.15, -0.1) is 0 Å². The van der Waals surface area contributed by atoms with Crippen LogP contribution in [0.15, 0.2) is 4.90 Å². The first-order valence-corrected chi connectivity index (χ1v) is 5.23. The van der Waals surface area contributed by atoms with Gasteiger partial charge in [-0.25, -0.2) is 17.6 Å². The molecule has 0 spiro atoms. The van der Waals surface area contributed by atoms with Gasteiger partial charge in [0.15, 0.2) is 23.3 Å². The molecular weight excluding hydrogens is 297 g/mol. The zero-order valence-electron chi connectivity index (χ0n) is 7.82. The summed E-state index contributed by atoms with van der Waals surface area (Å²) in [6.45, 7) is 0. The fraction of sp³-hybridized carbons (Fsp3) is 0.143. The second kappa shape index (κ2) is 4.09. The summed E-state index contributed by atoms with van der Waals surface area (Å²) in [5.74, 6) is -11.4. The third kappa shape index (κ3) is 2.27. The molecule has 0 aliphatic carbocycles. The minimum Gasteiger partial charge on any atom is -0.282 e. The molecule has 18 heavy (non-hydrogen) atoms. The van der Waals surface area contributed by atoms with Crippen LogP contribution in [0.5, 0.6) is 0 Å². The Morgan fingerprint density at radius 2 is 1.22 bits per heavy atom. The van der Waals surface area contributed by atoms with Crippen molar-refractivity contribution in [2.45, 2.75) is 11.1 Å². The highest BCUT2D eigenvalue weighted by Gasteiger charge is 2.45. The van der Waals surface area contributed by atoms with Crippen molar-refractivity contribution in [1.29, 1.82) is 0 Å². The molecular formula is C7HF7O3S. The van der Waals surface area contributed by atoms with Crippen LogP contribution in [0.1, 0.15) is 5.56 Å². The first-order chi connectivity index (χ1) is 7.89. The van der Waals surface area contributed by atoms with Gasteiger partial charge in [0.2, 0.25) is 0 Å². The lowest BCUT2D eigenvalue weighted by atomic mass is 10.2. The van der Waals surface area contributed by atoms with Crippen LogP contribution in [-0.2, 0) is 16.3 Å². The normalized spacial score (nSPS) is 12.9. The molecule has 0 saturated carbocycles. The van der Waals surface area contributed by atoms with E-state index >= 15 is 0 Å². The van der Waals surface area contributed by atoms with E-state index in [-0.39, 0.29) is 0 Å². The van der Waals surface area contributed by atoms with Gasteiger partial charge in [-0.05, 0) is 0 Å². The monoisotopic (exact) mass is 298 g/mol. The molecule has 1 aromatic rings. The first-order valence-electron chi connectivity index (χ1n) is 3.79. The summed E-state index contributed by atoms with van der Waals surface area (Å²) in [7, 11) is -5.95. The maximum atomic E-state index is 12.9. The Morgan fingerprint density at radius 1 is 0.833 bits per heavy atom. The van der Waals surface area contributed by atoms with Crippen LogP contribution in [0.2, 0.25) is 0 Å². The molecule has 0 bridgehead atoms. The molecule has 0 aliphatic rings. The fourth-order valence-corrected chi connectivity index (χ4v) is 1.89. The highest BCUT2D eigenvalue weighted by atomic mass is 32.2. The summed E-state index contributed by atoms with van der Waals surface area (Å²) in [6, 6.07) is 0. The van der Waals surface area contributed by atoms with E-state index in [0.717, 1.165) is 0 Å². The van der Waals surface area contributed by atoms with Crippen molar-refractivity contribution >= 4 is 10.1 Å². The minimum atomic E-state index is -5.95. The summed E-state index contributed by atoms with van der Waals surface area (Å²) in [6.07, 6.45) is -5.86. The quantitative estimate of drug-likeness (QED) is 0.375. The molecule has 1 rings (SSSR count). The van der Waals surface area contributed by atoms with Crippen molar-refractivity contribution in [2.75, 3.05) is 0 Å². The van der Waals surface area contributed by atoms with E-state index in [1.165, 1.54) is 0 Å². The summed E-state index contributed by atoms with van der Waals surface area (Å²) >= 11 is 0. The van der Waals surface area contributed by atoms with Crippen molar-refractivity contribution < 1.29 is 43.7 Å². The topological polar surface area (TPSA) is 54.4 Å². The van der Waals surface area contributed by atoms with Gasteiger partial charge in [0.25, 0.3) is 10.1 Å². The van der Waals surface area contributed by atoms with Crippen LogP contribution in [0.25, 0.3) is 0 Å². The van der Waals surface area contributed by atoms with Gasteiger partial charge in [-0.1, -0.05) is 0 Å². The third-order valence-electron chi connectivity index (χ3n) is 1.77. The van der Waals surface area contributed by atoms with Crippen LogP contribution in [0.4, 0.5) is 30.7 Å². The van der Waals surface area contributed by atoms with Gasteiger partial charge in [0.05, 0.1) is 0 Å². The van der Waals surface area contributed by atoms with Gasteiger partial charge >= 0.3 is 6.18 Å². The molecule has 11 heteroatoms. The lowest BCUT2D eigenvalue weighted by Crippen LogP contribution is -2.20. The number of alkyl halides is 3. The molecule has 0 atom stereocenters. The van der Waals surface area contributed by atoms with E-state index in [1.54, 1.807) is 0 Å². The van der Waals surface area contributed by atoms with Crippen LogP contribution >= 0.6 is 0 Å². The van der Waals surface area contributed by atoms with E-state index in [4.69, 9.17) is 4.55 Å². The van der Waals surface area contributed by atoms with E-state index in [2.05, 4.69) is 0 Å². The summed E-state index contributed by atoms with van der Waals surface area (Å²) in [4.78, 5) is -2.70. The number of benzene rings is 1. The molecule has 0 radical (unpaired) electrons. The van der Waals surface area contributed by atoms with E-state index < -0.39 is 50.0 Å². The number of halogens is 7. The molecule has 102 valence electrons. The molecule has 0 aliphatic heterocycles. The van der Waals surface area contributed by atoms with Crippen molar-refractivity contribution in [3.8, 4) is 0 Å². The number of rotatable bonds is 1. The SMILES string of the molecule is O=S(=O)(O)c1c(F)c(F)c(F)c(F)c1C(F)(F)F. The van der Waals surface area contributed by atoms with Gasteiger partial charge < -0.3 is 0 Å². The van der Waals surface area contributed by atoms with Crippen LogP contribution in [-0.4, -0.2) is 13.0 Å². The van der Waals surface area contributed by atoms with Crippen molar-refractivity contribution in [3.63, 3.8) is 0 Å². The van der Waals surface area contributed by atoms with Gasteiger partial charge in [-0.2, -0.15) is 21.6 Å². The molecule has 0 heterocycles. The van der Waals surface area contributed by atoms with Gasteiger partial charge in [0, 0.05) is 0 Å². The summed E-state index contributed by atoms with van der Waals surface area (Å²) < 4.78 is 117. The van der Waals surface area contributed by atoms with Gasteiger partial charge in [0.1, 0.15) is 10.5 Å². The second-order valence-corrected chi connectivity index (χ2v) is 4.29. The molecule has 0 unspecified atom stereocenters. The predicted octanol–water partition coefficient (Wildman–Crippen LogP) is 2.51.